The van der Waals surface area contributed by atoms with Crippen LogP contribution in [0.3, 0.4) is 0 Å². The number of carbonyl (C=O) groups is 1. The Bertz CT molecular complexity index is 617. The Hall–Kier alpha value is -1.68. The zero-order valence-electron chi connectivity index (χ0n) is 12.4. The Kier molecular flexibility index (Phi) is 4.55. The first kappa shape index (κ1) is 14.7. The molecule has 0 spiro atoms. The Morgan fingerprint density at radius 3 is 2.70 bits per heavy atom. The van der Waals surface area contributed by atoms with Crippen molar-refractivity contribution in [2.24, 2.45) is 5.92 Å². The van der Waals surface area contributed by atoms with Crippen molar-refractivity contribution < 1.29 is 4.79 Å². The molecule has 0 saturated carbocycles. The predicted molar refractivity (Wildman–Crippen MR) is 85.1 cm³/mol. The second-order valence-electron chi connectivity index (χ2n) is 5.48. The van der Waals surface area contributed by atoms with Gasteiger partial charge in [0.15, 0.2) is 5.13 Å². The Morgan fingerprint density at radius 2 is 2.05 bits per heavy atom. The van der Waals surface area contributed by atoms with E-state index in [2.05, 4.69) is 42.3 Å². The summed E-state index contributed by atoms with van der Waals surface area (Å²) in [5, 5.41) is 5.51. The number of nitrogens with zero attached hydrogens (tertiary/aromatic N) is 1. The van der Waals surface area contributed by atoms with E-state index >= 15 is 0 Å². The second-order valence-corrected chi connectivity index (χ2v) is 6.34. The first-order valence-electron chi connectivity index (χ1n) is 6.78. The van der Waals surface area contributed by atoms with Crippen LogP contribution in [0.4, 0.5) is 5.13 Å². The van der Waals surface area contributed by atoms with Crippen LogP contribution in [0.15, 0.2) is 23.6 Å². The maximum absolute atomic E-state index is 11.7. The highest BCUT2D eigenvalue weighted by atomic mass is 32.1. The van der Waals surface area contributed by atoms with Crippen LogP contribution in [0.5, 0.6) is 0 Å². The van der Waals surface area contributed by atoms with Crippen molar-refractivity contribution >= 4 is 22.4 Å². The van der Waals surface area contributed by atoms with E-state index in [9.17, 15) is 4.79 Å². The summed E-state index contributed by atoms with van der Waals surface area (Å²) in [6.45, 7) is 8.25. The molecule has 0 bridgehead atoms. The number of amides is 1. The maximum Gasteiger partial charge on any atom is 0.226 e. The van der Waals surface area contributed by atoms with Crippen LogP contribution in [0.1, 0.15) is 31.4 Å². The molecule has 0 fully saturated rings. The molecule has 3 nitrogen and oxygen atoms in total. The quantitative estimate of drug-likeness (QED) is 0.905. The van der Waals surface area contributed by atoms with Crippen molar-refractivity contribution in [1.82, 2.24) is 4.98 Å². The summed E-state index contributed by atoms with van der Waals surface area (Å²) >= 11 is 1.47. The van der Waals surface area contributed by atoms with Crippen LogP contribution in [-0.4, -0.2) is 10.9 Å². The third kappa shape index (κ3) is 3.67. The number of hydrogen-bond donors (Lipinski definition) is 1. The molecule has 0 aliphatic heterocycles. The van der Waals surface area contributed by atoms with E-state index in [1.165, 1.54) is 22.5 Å². The van der Waals surface area contributed by atoms with Gasteiger partial charge in [0.05, 0.1) is 5.69 Å². The fourth-order valence-corrected chi connectivity index (χ4v) is 2.64. The first-order chi connectivity index (χ1) is 9.45. The predicted octanol–water partition coefficient (Wildman–Crippen LogP) is 4.41. The molecule has 0 aliphatic carbocycles. The van der Waals surface area contributed by atoms with Gasteiger partial charge in [0.2, 0.25) is 5.91 Å². The first-order valence-corrected chi connectivity index (χ1v) is 7.66. The number of nitrogens with one attached hydrogen (secondary N) is 1. The van der Waals surface area contributed by atoms with Gasteiger partial charge in [-0.1, -0.05) is 26.0 Å². The van der Waals surface area contributed by atoms with Crippen molar-refractivity contribution in [3.8, 4) is 11.3 Å². The summed E-state index contributed by atoms with van der Waals surface area (Å²) in [5.74, 6) is 0.384. The molecule has 1 heterocycles. The lowest BCUT2D eigenvalue weighted by Crippen LogP contribution is -2.13. The van der Waals surface area contributed by atoms with Gasteiger partial charge in [-0.2, -0.15) is 0 Å². The minimum atomic E-state index is 0.0287. The third-order valence-electron chi connectivity index (χ3n) is 3.15. The summed E-state index contributed by atoms with van der Waals surface area (Å²) in [5.41, 5.74) is 4.53. The summed E-state index contributed by atoms with van der Waals surface area (Å²) < 4.78 is 0. The van der Waals surface area contributed by atoms with E-state index in [4.69, 9.17) is 0 Å². The number of thiazole rings is 1. The highest BCUT2D eigenvalue weighted by Gasteiger charge is 2.09. The van der Waals surface area contributed by atoms with Crippen LogP contribution < -0.4 is 5.32 Å². The van der Waals surface area contributed by atoms with Crippen molar-refractivity contribution in [3.63, 3.8) is 0 Å². The fourth-order valence-electron chi connectivity index (χ4n) is 1.91. The van der Waals surface area contributed by atoms with Crippen LogP contribution >= 0.6 is 11.3 Å². The van der Waals surface area contributed by atoms with Crippen LogP contribution in [0.25, 0.3) is 11.3 Å². The number of aromatic nitrogens is 1. The Balaban J connectivity index is 2.12. The lowest BCUT2D eigenvalue weighted by Gasteiger charge is -2.04. The summed E-state index contributed by atoms with van der Waals surface area (Å²) in [6.07, 6.45) is 0.526. The molecule has 0 aliphatic rings. The number of hydrogen-bond acceptors (Lipinski definition) is 3. The summed E-state index contributed by atoms with van der Waals surface area (Å²) in [4.78, 5) is 16.2. The standard InChI is InChI=1S/C16H20N2OS/c1-10(2)7-15(19)18-16-17-14(9-20-16)13-6-5-11(3)12(4)8-13/h5-6,8-10H,7H2,1-4H3,(H,17,18,19). The highest BCUT2D eigenvalue weighted by molar-refractivity contribution is 7.14. The van der Waals surface area contributed by atoms with Gasteiger partial charge in [-0.15, -0.1) is 11.3 Å². The van der Waals surface area contributed by atoms with Crippen molar-refractivity contribution in [2.45, 2.75) is 34.1 Å². The van der Waals surface area contributed by atoms with Gasteiger partial charge in [-0.05, 0) is 37.0 Å². The largest absolute Gasteiger partial charge is 0.302 e. The third-order valence-corrected chi connectivity index (χ3v) is 3.90. The van der Waals surface area contributed by atoms with E-state index in [1.807, 2.05) is 19.2 Å². The monoisotopic (exact) mass is 288 g/mol. The lowest BCUT2D eigenvalue weighted by molar-refractivity contribution is -0.116. The zero-order chi connectivity index (χ0) is 14.7. The number of aryl methyl sites for hydroxylation is 2. The summed E-state index contributed by atoms with van der Waals surface area (Å²) in [7, 11) is 0. The minimum Gasteiger partial charge on any atom is -0.302 e. The molecule has 4 heteroatoms. The molecule has 0 unspecified atom stereocenters. The van der Waals surface area contributed by atoms with Crippen LogP contribution in [-0.2, 0) is 4.79 Å². The number of carbonyl (C=O) groups excluding carboxylic acids is 1. The highest BCUT2D eigenvalue weighted by Crippen LogP contribution is 2.26. The van der Waals surface area contributed by atoms with Gasteiger partial charge in [0.1, 0.15) is 0 Å². The normalized spacial score (nSPS) is 10.8. The topological polar surface area (TPSA) is 42.0 Å². The number of rotatable bonds is 4. The van der Waals surface area contributed by atoms with Crippen LogP contribution in [0.2, 0.25) is 0 Å². The van der Waals surface area contributed by atoms with E-state index in [-0.39, 0.29) is 5.91 Å². The molecule has 1 amide bonds. The van der Waals surface area contributed by atoms with Crippen molar-refractivity contribution in [1.29, 1.82) is 0 Å². The molecule has 20 heavy (non-hydrogen) atoms. The second kappa shape index (κ2) is 6.18. The molecule has 0 radical (unpaired) electrons. The van der Waals surface area contributed by atoms with E-state index < -0.39 is 0 Å². The van der Waals surface area contributed by atoms with E-state index in [0.29, 0.717) is 17.5 Å². The average Bonchev–Trinajstić information content (AvgIpc) is 2.80. The van der Waals surface area contributed by atoms with Gasteiger partial charge in [0, 0.05) is 17.4 Å². The van der Waals surface area contributed by atoms with Gasteiger partial charge >= 0.3 is 0 Å². The van der Waals surface area contributed by atoms with Crippen molar-refractivity contribution in [3.05, 3.63) is 34.7 Å². The molecule has 1 aromatic heterocycles. The van der Waals surface area contributed by atoms with Gasteiger partial charge in [-0.25, -0.2) is 4.98 Å². The molecule has 0 saturated heterocycles. The van der Waals surface area contributed by atoms with E-state index in [1.54, 1.807) is 0 Å². The Morgan fingerprint density at radius 1 is 1.30 bits per heavy atom. The molecule has 1 N–H and O–H groups in total. The number of benzene rings is 1. The number of anilines is 1. The molecule has 1 aromatic carbocycles. The molecular weight excluding hydrogens is 268 g/mol. The zero-order valence-corrected chi connectivity index (χ0v) is 13.2. The van der Waals surface area contributed by atoms with E-state index in [0.717, 1.165) is 11.3 Å². The molecule has 2 rings (SSSR count). The SMILES string of the molecule is Cc1ccc(-c2csc(NC(=O)CC(C)C)n2)cc1C. The van der Waals surface area contributed by atoms with Crippen LogP contribution in [0, 0.1) is 19.8 Å². The summed E-state index contributed by atoms with van der Waals surface area (Å²) in [6, 6.07) is 6.29. The molecule has 2 aromatic rings. The molecule has 106 valence electrons. The van der Waals surface area contributed by atoms with Gasteiger partial charge in [0.25, 0.3) is 0 Å². The van der Waals surface area contributed by atoms with Gasteiger partial charge in [-0.3, -0.25) is 4.79 Å². The molecule has 0 atom stereocenters. The average molecular weight is 288 g/mol. The van der Waals surface area contributed by atoms with Crippen molar-refractivity contribution in [2.75, 3.05) is 5.32 Å². The minimum absolute atomic E-state index is 0.0287. The Labute approximate surface area is 124 Å². The smallest absolute Gasteiger partial charge is 0.226 e. The maximum atomic E-state index is 11.7. The molecular formula is C16H20N2OS. The fraction of sp³-hybridized carbons (Fsp3) is 0.375. The van der Waals surface area contributed by atoms with Gasteiger partial charge < -0.3 is 5.32 Å². The lowest BCUT2D eigenvalue weighted by atomic mass is 10.1.